The maximum Gasteiger partial charge on any atom is 0.135 e. The SMILES string of the molecule is CCC(=O)C(C)CCc1ccc(F)cc1. The van der Waals surface area contributed by atoms with Crippen molar-refractivity contribution in [2.24, 2.45) is 5.92 Å². The Balaban J connectivity index is 2.43. The number of carbonyl (C=O) groups excluding carboxylic acids is 1. The zero-order valence-corrected chi connectivity index (χ0v) is 9.29. The molecule has 82 valence electrons. The molecule has 0 saturated heterocycles. The van der Waals surface area contributed by atoms with Gasteiger partial charge in [0.05, 0.1) is 0 Å². The lowest BCUT2D eigenvalue weighted by Crippen LogP contribution is -2.10. The van der Waals surface area contributed by atoms with Crippen LogP contribution in [0.4, 0.5) is 4.39 Å². The third-order valence-corrected chi connectivity index (χ3v) is 2.68. The van der Waals surface area contributed by atoms with Gasteiger partial charge in [0.2, 0.25) is 0 Å². The monoisotopic (exact) mass is 208 g/mol. The first-order valence-electron chi connectivity index (χ1n) is 5.40. The molecule has 1 rings (SSSR count). The van der Waals surface area contributed by atoms with Gasteiger partial charge in [-0.3, -0.25) is 4.79 Å². The molecular weight excluding hydrogens is 191 g/mol. The van der Waals surface area contributed by atoms with Crippen molar-refractivity contribution in [2.45, 2.75) is 33.1 Å². The molecule has 15 heavy (non-hydrogen) atoms. The van der Waals surface area contributed by atoms with Gasteiger partial charge in [-0.15, -0.1) is 0 Å². The summed E-state index contributed by atoms with van der Waals surface area (Å²) in [6.07, 6.45) is 2.29. The lowest BCUT2D eigenvalue weighted by Gasteiger charge is -2.08. The third kappa shape index (κ3) is 3.82. The van der Waals surface area contributed by atoms with Crippen molar-refractivity contribution < 1.29 is 9.18 Å². The number of hydrogen-bond donors (Lipinski definition) is 0. The average molecular weight is 208 g/mol. The highest BCUT2D eigenvalue weighted by Gasteiger charge is 2.10. The Morgan fingerprint density at radius 2 is 1.93 bits per heavy atom. The zero-order valence-electron chi connectivity index (χ0n) is 9.29. The molecule has 0 spiro atoms. The van der Waals surface area contributed by atoms with Crippen molar-refractivity contribution in [3.63, 3.8) is 0 Å². The van der Waals surface area contributed by atoms with Crippen LogP contribution in [-0.4, -0.2) is 5.78 Å². The van der Waals surface area contributed by atoms with E-state index in [1.807, 2.05) is 13.8 Å². The van der Waals surface area contributed by atoms with Gasteiger partial charge < -0.3 is 0 Å². The Morgan fingerprint density at radius 3 is 2.47 bits per heavy atom. The maximum absolute atomic E-state index is 12.6. The van der Waals surface area contributed by atoms with E-state index in [2.05, 4.69) is 0 Å². The minimum atomic E-state index is -0.212. The molecule has 1 atom stereocenters. The van der Waals surface area contributed by atoms with E-state index < -0.39 is 0 Å². The van der Waals surface area contributed by atoms with Crippen LogP contribution in [-0.2, 0) is 11.2 Å². The van der Waals surface area contributed by atoms with E-state index in [0.29, 0.717) is 12.2 Å². The van der Waals surface area contributed by atoms with Crippen molar-refractivity contribution in [3.8, 4) is 0 Å². The number of carbonyl (C=O) groups is 1. The molecule has 0 aliphatic carbocycles. The molecule has 0 heterocycles. The Labute approximate surface area is 90.3 Å². The van der Waals surface area contributed by atoms with Crippen LogP contribution in [0.1, 0.15) is 32.3 Å². The first-order valence-corrected chi connectivity index (χ1v) is 5.40. The number of aryl methyl sites for hydroxylation is 1. The second-order valence-electron chi connectivity index (χ2n) is 3.89. The van der Waals surface area contributed by atoms with Crippen molar-refractivity contribution in [1.82, 2.24) is 0 Å². The zero-order chi connectivity index (χ0) is 11.3. The van der Waals surface area contributed by atoms with Crippen molar-refractivity contribution in [1.29, 1.82) is 0 Å². The van der Waals surface area contributed by atoms with Crippen LogP contribution >= 0.6 is 0 Å². The second kappa shape index (κ2) is 5.64. The smallest absolute Gasteiger partial charge is 0.135 e. The highest BCUT2D eigenvalue weighted by molar-refractivity contribution is 5.80. The molecule has 0 radical (unpaired) electrons. The first-order chi connectivity index (χ1) is 7.13. The topological polar surface area (TPSA) is 17.1 Å². The summed E-state index contributed by atoms with van der Waals surface area (Å²) in [7, 11) is 0. The second-order valence-corrected chi connectivity index (χ2v) is 3.89. The largest absolute Gasteiger partial charge is 0.299 e. The van der Waals surface area contributed by atoms with Crippen LogP contribution in [0.25, 0.3) is 0 Å². The summed E-state index contributed by atoms with van der Waals surface area (Å²) in [4.78, 5) is 11.3. The van der Waals surface area contributed by atoms with Crippen molar-refractivity contribution in [2.75, 3.05) is 0 Å². The Kier molecular flexibility index (Phi) is 4.47. The molecule has 0 aliphatic heterocycles. The molecule has 0 saturated carbocycles. The number of benzene rings is 1. The molecule has 1 nitrogen and oxygen atoms in total. The van der Waals surface area contributed by atoms with Gasteiger partial charge >= 0.3 is 0 Å². The Hall–Kier alpha value is -1.18. The van der Waals surface area contributed by atoms with Gasteiger partial charge in [-0.05, 0) is 30.5 Å². The molecule has 1 unspecified atom stereocenters. The number of halogens is 1. The first kappa shape index (κ1) is 11.9. The van der Waals surface area contributed by atoms with Gasteiger partial charge in [-0.2, -0.15) is 0 Å². The fourth-order valence-corrected chi connectivity index (χ4v) is 1.54. The fraction of sp³-hybridized carbons (Fsp3) is 0.462. The van der Waals surface area contributed by atoms with Gasteiger partial charge in [0.25, 0.3) is 0 Å². The summed E-state index contributed by atoms with van der Waals surface area (Å²) in [5.41, 5.74) is 1.09. The van der Waals surface area contributed by atoms with Gasteiger partial charge in [-0.1, -0.05) is 26.0 Å². The number of Topliss-reactive ketones (excluding diaryl/α,β-unsaturated/α-hetero) is 1. The minimum absolute atomic E-state index is 0.111. The van der Waals surface area contributed by atoms with Crippen LogP contribution in [0.3, 0.4) is 0 Å². The predicted octanol–water partition coefficient (Wildman–Crippen LogP) is 3.37. The van der Waals surface area contributed by atoms with E-state index in [-0.39, 0.29) is 11.7 Å². The quantitative estimate of drug-likeness (QED) is 0.725. The molecule has 2 heteroatoms. The van der Waals surface area contributed by atoms with Crippen LogP contribution in [0, 0.1) is 11.7 Å². The van der Waals surface area contributed by atoms with E-state index in [1.54, 1.807) is 12.1 Å². The molecule has 1 aromatic carbocycles. The van der Waals surface area contributed by atoms with Crippen LogP contribution in [0.15, 0.2) is 24.3 Å². The number of hydrogen-bond acceptors (Lipinski definition) is 1. The lowest BCUT2D eigenvalue weighted by molar-refractivity contribution is -0.122. The molecule has 0 aromatic heterocycles. The summed E-state index contributed by atoms with van der Waals surface area (Å²) < 4.78 is 12.6. The Bertz CT molecular complexity index is 316. The van der Waals surface area contributed by atoms with E-state index in [9.17, 15) is 9.18 Å². The molecule has 1 aromatic rings. The van der Waals surface area contributed by atoms with Crippen LogP contribution < -0.4 is 0 Å². The van der Waals surface area contributed by atoms with Crippen LogP contribution in [0.2, 0.25) is 0 Å². The lowest BCUT2D eigenvalue weighted by atomic mass is 9.96. The van der Waals surface area contributed by atoms with E-state index in [0.717, 1.165) is 18.4 Å². The van der Waals surface area contributed by atoms with E-state index >= 15 is 0 Å². The molecule has 0 N–H and O–H groups in total. The van der Waals surface area contributed by atoms with Crippen molar-refractivity contribution in [3.05, 3.63) is 35.6 Å². The molecule has 0 bridgehead atoms. The van der Waals surface area contributed by atoms with Gasteiger partial charge in [0, 0.05) is 12.3 Å². The fourth-order valence-electron chi connectivity index (χ4n) is 1.54. The summed E-state index contributed by atoms with van der Waals surface area (Å²) in [5, 5.41) is 0. The maximum atomic E-state index is 12.6. The van der Waals surface area contributed by atoms with E-state index in [1.165, 1.54) is 12.1 Å². The highest BCUT2D eigenvalue weighted by Crippen LogP contribution is 2.12. The summed E-state index contributed by atoms with van der Waals surface area (Å²) in [6.45, 7) is 3.84. The normalized spacial score (nSPS) is 12.5. The summed E-state index contributed by atoms with van der Waals surface area (Å²) in [6, 6.07) is 6.47. The van der Waals surface area contributed by atoms with Crippen LogP contribution in [0.5, 0.6) is 0 Å². The number of rotatable bonds is 5. The molecule has 0 aliphatic rings. The minimum Gasteiger partial charge on any atom is -0.299 e. The van der Waals surface area contributed by atoms with Crippen molar-refractivity contribution >= 4 is 5.78 Å². The average Bonchev–Trinajstić information content (AvgIpc) is 2.26. The predicted molar refractivity (Wildman–Crippen MR) is 59.2 cm³/mol. The Morgan fingerprint density at radius 1 is 1.33 bits per heavy atom. The molecule has 0 amide bonds. The highest BCUT2D eigenvalue weighted by atomic mass is 19.1. The third-order valence-electron chi connectivity index (χ3n) is 2.68. The standard InChI is InChI=1S/C13H17FO/c1-3-13(15)10(2)4-5-11-6-8-12(14)9-7-11/h6-10H,3-5H2,1-2H3. The summed E-state index contributed by atoms with van der Waals surface area (Å²) in [5.74, 6) is 0.202. The molecule has 0 fully saturated rings. The molecular formula is C13H17FO. The van der Waals surface area contributed by atoms with Gasteiger partial charge in [0.15, 0.2) is 0 Å². The van der Waals surface area contributed by atoms with Gasteiger partial charge in [0.1, 0.15) is 11.6 Å². The number of ketones is 1. The van der Waals surface area contributed by atoms with Gasteiger partial charge in [-0.25, -0.2) is 4.39 Å². The summed E-state index contributed by atoms with van der Waals surface area (Å²) >= 11 is 0. The van der Waals surface area contributed by atoms with E-state index in [4.69, 9.17) is 0 Å².